The number of hydrogen-bond donors (Lipinski definition) is 1. The first-order valence-corrected chi connectivity index (χ1v) is 7.20. The molecule has 0 bridgehead atoms. The summed E-state index contributed by atoms with van der Waals surface area (Å²) in [7, 11) is -4.60. The van der Waals surface area contributed by atoms with Crippen molar-refractivity contribution in [1.82, 2.24) is 0 Å². The van der Waals surface area contributed by atoms with Crippen molar-refractivity contribution >= 4 is 21.6 Å². The highest BCUT2D eigenvalue weighted by Crippen LogP contribution is 2.32. The van der Waals surface area contributed by atoms with Crippen LogP contribution in [0, 0.1) is 0 Å². The van der Waals surface area contributed by atoms with Crippen molar-refractivity contribution in [1.29, 1.82) is 0 Å². The second kappa shape index (κ2) is 5.79. The molecule has 0 spiro atoms. The van der Waals surface area contributed by atoms with E-state index in [1.165, 1.54) is 12.1 Å². The minimum Gasteiger partial charge on any atom is -0.395 e. The Kier molecular flexibility index (Phi) is 4.91. The van der Waals surface area contributed by atoms with Gasteiger partial charge >= 0.3 is 5.76 Å². The minimum atomic E-state index is -4.60. The van der Waals surface area contributed by atoms with Gasteiger partial charge in [-0.1, -0.05) is 19.1 Å². The van der Waals surface area contributed by atoms with Crippen molar-refractivity contribution in [3.05, 3.63) is 24.3 Å². The zero-order valence-electron chi connectivity index (χ0n) is 9.01. The third-order valence-corrected chi connectivity index (χ3v) is 4.70. The number of rotatable bonds is 5. The van der Waals surface area contributed by atoms with Gasteiger partial charge in [-0.2, -0.15) is 8.78 Å². The van der Waals surface area contributed by atoms with Gasteiger partial charge in [0, 0.05) is 10.1 Å². The van der Waals surface area contributed by atoms with Gasteiger partial charge in [-0.25, -0.2) is 8.42 Å². The number of sulfone groups is 1. The molecule has 1 aromatic rings. The quantitative estimate of drug-likeness (QED) is 0.841. The lowest BCUT2D eigenvalue weighted by Crippen LogP contribution is -2.13. The van der Waals surface area contributed by atoms with E-state index in [1.807, 2.05) is 0 Å². The molecular weight excluding hydrogens is 270 g/mol. The van der Waals surface area contributed by atoms with Crippen LogP contribution < -0.4 is 0 Å². The average Bonchev–Trinajstić information content (AvgIpc) is 2.29. The zero-order valence-corrected chi connectivity index (χ0v) is 10.6. The third kappa shape index (κ3) is 3.40. The van der Waals surface area contributed by atoms with E-state index in [-0.39, 0.29) is 21.6 Å². The van der Waals surface area contributed by atoms with Crippen LogP contribution in [0.15, 0.2) is 34.1 Å². The topological polar surface area (TPSA) is 54.4 Å². The lowest BCUT2D eigenvalue weighted by Gasteiger charge is -2.12. The highest BCUT2D eigenvalue weighted by atomic mass is 32.2. The molecule has 0 aromatic heterocycles. The Labute approximate surface area is 103 Å². The Hall–Kier alpha value is -0.660. The van der Waals surface area contributed by atoms with Gasteiger partial charge in [0.25, 0.3) is 0 Å². The maximum absolute atomic E-state index is 12.5. The van der Waals surface area contributed by atoms with Crippen LogP contribution in [0.1, 0.15) is 6.92 Å². The summed E-state index contributed by atoms with van der Waals surface area (Å²) in [5.41, 5.74) is 0. The lowest BCUT2D eigenvalue weighted by atomic mass is 10.4. The van der Waals surface area contributed by atoms with Crippen molar-refractivity contribution in [2.45, 2.75) is 27.7 Å². The largest absolute Gasteiger partial charge is 0.395 e. The molecule has 1 unspecified atom stereocenters. The van der Waals surface area contributed by atoms with Gasteiger partial charge in [-0.3, -0.25) is 0 Å². The van der Waals surface area contributed by atoms with Crippen LogP contribution in [-0.4, -0.2) is 31.1 Å². The van der Waals surface area contributed by atoms with E-state index in [9.17, 15) is 17.2 Å². The Balaban J connectivity index is 3.17. The Morgan fingerprint density at radius 1 is 1.35 bits per heavy atom. The minimum absolute atomic E-state index is 0.159. The van der Waals surface area contributed by atoms with Gasteiger partial charge in [0.1, 0.15) is 0 Å². The van der Waals surface area contributed by atoms with Crippen LogP contribution in [0.3, 0.4) is 0 Å². The summed E-state index contributed by atoms with van der Waals surface area (Å²) >= 11 is 1.05. The lowest BCUT2D eigenvalue weighted by molar-refractivity contribution is 0.234. The smallest absolute Gasteiger partial charge is 0.341 e. The molecule has 1 N–H and O–H groups in total. The first-order valence-electron chi connectivity index (χ1n) is 4.78. The normalized spacial score (nSPS) is 13.9. The first-order chi connectivity index (χ1) is 7.89. The van der Waals surface area contributed by atoms with E-state index < -0.39 is 15.6 Å². The summed E-state index contributed by atoms with van der Waals surface area (Å²) in [5.74, 6) is -3.44. The summed E-state index contributed by atoms with van der Waals surface area (Å²) in [4.78, 5) is -0.158. The van der Waals surface area contributed by atoms with Crippen molar-refractivity contribution in [3.8, 4) is 0 Å². The van der Waals surface area contributed by atoms with Gasteiger partial charge in [-0.15, -0.1) is 11.8 Å². The molecule has 1 rings (SSSR count). The fourth-order valence-corrected chi connectivity index (χ4v) is 3.28. The molecule has 7 heteroatoms. The number of aliphatic hydroxyl groups is 1. The van der Waals surface area contributed by atoms with Gasteiger partial charge in [0.2, 0.25) is 9.84 Å². The molecule has 96 valence electrons. The van der Waals surface area contributed by atoms with Gasteiger partial charge in [0.15, 0.2) is 0 Å². The Morgan fingerprint density at radius 3 is 2.47 bits per heavy atom. The molecule has 0 fully saturated rings. The van der Waals surface area contributed by atoms with Crippen LogP contribution in [-0.2, 0) is 9.84 Å². The van der Waals surface area contributed by atoms with Crippen molar-refractivity contribution in [3.63, 3.8) is 0 Å². The van der Waals surface area contributed by atoms with E-state index in [0.29, 0.717) is 0 Å². The second-order valence-electron chi connectivity index (χ2n) is 3.36. The van der Waals surface area contributed by atoms with E-state index in [0.717, 1.165) is 17.8 Å². The Bertz CT molecular complexity index is 474. The van der Waals surface area contributed by atoms with Crippen molar-refractivity contribution < 1.29 is 22.3 Å². The number of aliphatic hydroxyl groups excluding tert-OH is 1. The van der Waals surface area contributed by atoms with E-state index in [1.54, 1.807) is 13.0 Å². The van der Waals surface area contributed by atoms with Gasteiger partial charge in [0.05, 0.1) is 11.5 Å². The molecule has 0 amide bonds. The van der Waals surface area contributed by atoms with E-state index in [2.05, 4.69) is 0 Å². The maximum atomic E-state index is 12.5. The summed E-state index contributed by atoms with van der Waals surface area (Å²) in [6, 6.07) is 5.56. The van der Waals surface area contributed by atoms with Gasteiger partial charge < -0.3 is 5.11 Å². The molecule has 1 atom stereocenters. The van der Waals surface area contributed by atoms with E-state index in [4.69, 9.17) is 5.11 Å². The highest BCUT2D eigenvalue weighted by molar-refractivity contribution is 8.00. The SMILES string of the molecule is CC(CO)Sc1ccccc1S(=O)(=O)C(F)F. The molecule has 0 saturated heterocycles. The van der Waals surface area contributed by atoms with Crippen LogP contribution in [0.5, 0.6) is 0 Å². The first kappa shape index (κ1) is 14.4. The predicted molar refractivity (Wildman–Crippen MR) is 62.0 cm³/mol. The highest BCUT2D eigenvalue weighted by Gasteiger charge is 2.29. The second-order valence-corrected chi connectivity index (χ2v) is 6.73. The summed E-state index contributed by atoms with van der Waals surface area (Å²) in [6.45, 7) is 1.52. The van der Waals surface area contributed by atoms with Crippen molar-refractivity contribution in [2.75, 3.05) is 6.61 Å². The maximum Gasteiger partial charge on any atom is 0.341 e. The molecule has 0 heterocycles. The zero-order chi connectivity index (χ0) is 13.1. The van der Waals surface area contributed by atoms with E-state index >= 15 is 0 Å². The molecule has 3 nitrogen and oxygen atoms in total. The van der Waals surface area contributed by atoms with Crippen LogP contribution >= 0.6 is 11.8 Å². The fraction of sp³-hybridized carbons (Fsp3) is 0.400. The molecule has 0 radical (unpaired) electrons. The molecule has 0 saturated carbocycles. The predicted octanol–water partition coefficient (Wildman–Crippen LogP) is 2.16. The average molecular weight is 282 g/mol. The van der Waals surface area contributed by atoms with Crippen molar-refractivity contribution in [2.24, 2.45) is 0 Å². The van der Waals surface area contributed by atoms with Crippen LogP contribution in [0.25, 0.3) is 0 Å². The molecule has 1 aromatic carbocycles. The number of benzene rings is 1. The number of halogens is 2. The Morgan fingerprint density at radius 2 is 1.94 bits per heavy atom. The number of alkyl halides is 2. The molecule has 0 aliphatic rings. The fourth-order valence-electron chi connectivity index (χ4n) is 1.13. The van der Waals surface area contributed by atoms with Gasteiger partial charge in [-0.05, 0) is 12.1 Å². The number of thioether (sulfide) groups is 1. The monoisotopic (exact) mass is 282 g/mol. The third-order valence-electron chi connectivity index (χ3n) is 1.98. The summed E-state index contributed by atoms with van der Waals surface area (Å²) < 4.78 is 47.7. The van der Waals surface area contributed by atoms with Crippen LogP contribution in [0.2, 0.25) is 0 Å². The van der Waals surface area contributed by atoms with Crippen LogP contribution in [0.4, 0.5) is 8.78 Å². The summed E-state index contributed by atoms with van der Waals surface area (Å²) in [5, 5.41) is 8.62. The number of hydrogen-bond acceptors (Lipinski definition) is 4. The molecule has 0 aliphatic heterocycles. The molecule has 0 aliphatic carbocycles. The molecule has 17 heavy (non-hydrogen) atoms. The summed E-state index contributed by atoms with van der Waals surface area (Å²) in [6.07, 6.45) is 0. The molecular formula is C10H12F2O3S2. The standard InChI is InChI=1S/C10H12F2O3S2/c1-7(6-13)16-8-4-2-3-5-9(8)17(14,15)10(11)12/h2-5,7,10,13H,6H2,1H3.